The zero-order chi connectivity index (χ0) is 20.4. The lowest BCUT2D eigenvalue weighted by atomic mass is 10.1. The van der Waals surface area contributed by atoms with Crippen LogP contribution in [0.1, 0.15) is 32.1 Å². The van der Waals surface area contributed by atoms with Gasteiger partial charge in [-0.2, -0.15) is 0 Å². The van der Waals surface area contributed by atoms with Crippen molar-refractivity contribution in [1.29, 1.82) is 0 Å². The molecule has 0 spiro atoms. The molecule has 0 aliphatic carbocycles. The Labute approximate surface area is 168 Å². The van der Waals surface area contributed by atoms with Crippen LogP contribution in [-0.4, -0.2) is 22.9 Å². The summed E-state index contributed by atoms with van der Waals surface area (Å²) in [5.74, 6) is -3.75. The maximum Gasteiger partial charge on any atom is 0.344 e. The molecule has 4 nitrogen and oxygen atoms in total. The monoisotopic (exact) mass is 447 g/mol. The molecular weight excluding hydrogens is 432 g/mol. The number of Topliss-reactive ketones (excluding diaryl/α,β-unsaturated/α-hetero) is 1. The second-order valence-corrected chi connectivity index (χ2v) is 7.11. The molecule has 0 aliphatic heterocycles. The number of nitrogens with zero attached hydrogens (tertiary/aromatic N) is 1. The summed E-state index contributed by atoms with van der Waals surface area (Å²) in [5, 5.41) is 0. The Morgan fingerprint density at radius 2 is 1.64 bits per heavy atom. The normalized spacial score (nSPS) is 10.8. The minimum Gasteiger partial charge on any atom is -0.454 e. The van der Waals surface area contributed by atoms with E-state index >= 15 is 0 Å². The summed E-state index contributed by atoms with van der Waals surface area (Å²) in [5.41, 5.74) is 1.95. The van der Waals surface area contributed by atoms with Gasteiger partial charge in [0.25, 0.3) is 0 Å². The zero-order valence-corrected chi connectivity index (χ0v) is 16.7. The Kier molecular flexibility index (Phi) is 5.74. The van der Waals surface area contributed by atoms with E-state index < -0.39 is 35.6 Å². The lowest BCUT2D eigenvalue weighted by Crippen LogP contribution is -2.17. The van der Waals surface area contributed by atoms with Crippen molar-refractivity contribution in [2.75, 3.05) is 6.61 Å². The quantitative estimate of drug-likeness (QED) is 0.400. The van der Waals surface area contributed by atoms with Gasteiger partial charge in [-0.1, -0.05) is 22.0 Å². The smallest absolute Gasteiger partial charge is 0.344 e. The Morgan fingerprint density at radius 1 is 1.04 bits per heavy atom. The summed E-state index contributed by atoms with van der Waals surface area (Å²) in [6.45, 7) is 3.02. The molecule has 0 fully saturated rings. The maximum atomic E-state index is 13.7. The van der Waals surface area contributed by atoms with Gasteiger partial charge in [0.1, 0.15) is 17.2 Å². The van der Waals surface area contributed by atoms with E-state index in [0.29, 0.717) is 11.3 Å². The highest BCUT2D eigenvalue weighted by atomic mass is 79.9. The number of carbonyl (C=O) groups is 2. The highest BCUT2D eigenvalue weighted by molar-refractivity contribution is 9.10. The number of hydrogen-bond donors (Lipinski definition) is 0. The second kappa shape index (κ2) is 8.06. The minimum absolute atomic E-state index is 0.377. The van der Waals surface area contributed by atoms with Crippen molar-refractivity contribution in [2.45, 2.75) is 13.8 Å². The van der Waals surface area contributed by atoms with Crippen molar-refractivity contribution in [3.63, 3.8) is 0 Å². The van der Waals surface area contributed by atoms with Crippen molar-refractivity contribution in [1.82, 2.24) is 4.57 Å². The van der Waals surface area contributed by atoms with Gasteiger partial charge in [-0.3, -0.25) is 4.79 Å². The number of hydrogen-bond acceptors (Lipinski definition) is 3. The molecule has 0 aliphatic rings. The number of rotatable bonds is 5. The molecule has 28 heavy (non-hydrogen) atoms. The van der Waals surface area contributed by atoms with Gasteiger partial charge in [0.05, 0.1) is 0 Å². The Balaban J connectivity index is 1.79. The van der Waals surface area contributed by atoms with E-state index in [1.165, 1.54) is 0 Å². The van der Waals surface area contributed by atoms with Crippen molar-refractivity contribution in [3.05, 3.63) is 87.2 Å². The first-order chi connectivity index (χ1) is 13.3. The summed E-state index contributed by atoms with van der Waals surface area (Å²) >= 11 is 3.38. The summed E-state index contributed by atoms with van der Waals surface area (Å²) in [4.78, 5) is 24.5. The fourth-order valence-electron chi connectivity index (χ4n) is 3.01. The van der Waals surface area contributed by atoms with Crippen LogP contribution in [0.15, 0.2) is 53.0 Å². The van der Waals surface area contributed by atoms with Crippen LogP contribution in [0.3, 0.4) is 0 Å². The summed E-state index contributed by atoms with van der Waals surface area (Å²) < 4.78 is 35.0. The van der Waals surface area contributed by atoms with Crippen LogP contribution in [0.4, 0.5) is 8.78 Å². The van der Waals surface area contributed by atoms with Crippen LogP contribution in [0.2, 0.25) is 0 Å². The Bertz CT molecular complexity index is 1040. The summed E-state index contributed by atoms with van der Waals surface area (Å²) in [7, 11) is 0. The predicted molar refractivity (Wildman–Crippen MR) is 104 cm³/mol. The van der Waals surface area contributed by atoms with Crippen molar-refractivity contribution >= 4 is 27.7 Å². The predicted octanol–water partition coefficient (Wildman–Crippen LogP) is 5.17. The number of carbonyl (C=O) groups excluding carboxylic acids is 2. The molecule has 7 heteroatoms. The minimum atomic E-state index is -1.22. The number of esters is 1. The molecule has 0 radical (unpaired) electrons. The van der Waals surface area contributed by atoms with E-state index in [4.69, 9.17) is 4.74 Å². The van der Waals surface area contributed by atoms with Gasteiger partial charge in [0.2, 0.25) is 5.78 Å². The molecule has 0 saturated carbocycles. The standard InChI is InChI=1S/C21H16BrF2NO3/c1-12-10-16(13(2)25(12)15-8-6-14(22)7-9-15)19(26)11-28-21(27)20-17(23)4-3-5-18(20)24/h3-10H,11H2,1-2H3. The molecular formula is C21H16BrF2NO3. The third kappa shape index (κ3) is 3.89. The molecule has 144 valence electrons. The third-order valence-electron chi connectivity index (χ3n) is 4.32. The van der Waals surface area contributed by atoms with Crippen molar-refractivity contribution in [2.24, 2.45) is 0 Å². The first-order valence-electron chi connectivity index (χ1n) is 8.39. The molecule has 0 bridgehead atoms. The molecule has 1 heterocycles. The van der Waals surface area contributed by atoms with E-state index in [0.717, 1.165) is 34.1 Å². The Morgan fingerprint density at radius 3 is 2.25 bits per heavy atom. The SMILES string of the molecule is Cc1cc(C(=O)COC(=O)c2c(F)cccc2F)c(C)n1-c1ccc(Br)cc1. The number of aromatic nitrogens is 1. The van der Waals surface area contributed by atoms with Crippen LogP contribution < -0.4 is 0 Å². The fourth-order valence-corrected chi connectivity index (χ4v) is 3.27. The zero-order valence-electron chi connectivity index (χ0n) is 15.1. The van der Waals surface area contributed by atoms with Crippen molar-refractivity contribution in [3.8, 4) is 5.69 Å². The molecule has 1 aromatic heterocycles. The van der Waals surface area contributed by atoms with E-state index in [-0.39, 0.29) is 0 Å². The molecule has 0 N–H and O–H groups in total. The van der Waals surface area contributed by atoms with Gasteiger partial charge in [0, 0.05) is 27.1 Å². The summed E-state index contributed by atoms with van der Waals surface area (Å²) in [6, 6.07) is 12.3. The van der Waals surface area contributed by atoms with Crippen LogP contribution >= 0.6 is 15.9 Å². The van der Waals surface area contributed by atoms with Gasteiger partial charge in [0.15, 0.2) is 6.61 Å². The number of ether oxygens (including phenoxy) is 1. The van der Waals surface area contributed by atoms with E-state index in [2.05, 4.69) is 15.9 Å². The van der Waals surface area contributed by atoms with Gasteiger partial charge in [-0.15, -0.1) is 0 Å². The summed E-state index contributed by atoms with van der Waals surface area (Å²) in [6.07, 6.45) is 0. The number of aryl methyl sites for hydroxylation is 1. The van der Waals surface area contributed by atoms with Gasteiger partial charge in [-0.05, 0) is 56.3 Å². The molecule has 3 rings (SSSR count). The van der Waals surface area contributed by atoms with Crippen LogP contribution in [-0.2, 0) is 4.74 Å². The third-order valence-corrected chi connectivity index (χ3v) is 4.85. The highest BCUT2D eigenvalue weighted by Crippen LogP contribution is 2.23. The Hall–Kier alpha value is -2.80. The largest absolute Gasteiger partial charge is 0.454 e. The maximum absolute atomic E-state index is 13.7. The lowest BCUT2D eigenvalue weighted by Gasteiger charge is -2.10. The number of halogens is 3. The van der Waals surface area contributed by atoms with Crippen LogP contribution in [0.25, 0.3) is 5.69 Å². The average molecular weight is 448 g/mol. The molecule has 0 saturated heterocycles. The van der Waals surface area contributed by atoms with E-state index in [1.807, 2.05) is 35.8 Å². The van der Waals surface area contributed by atoms with Crippen molar-refractivity contribution < 1.29 is 23.1 Å². The average Bonchev–Trinajstić information content (AvgIpc) is 2.95. The molecule has 0 amide bonds. The topological polar surface area (TPSA) is 48.3 Å². The number of benzene rings is 2. The van der Waals surface area contributed by atoms with Crippen LogP contribution in [0.5, 0.6) is 0 Å². The van der Waals surface area contributed by atoms with Gasteiger partial charge in [-0.25, -0.2) is 13.6 Å². The lowest BCUT2D eigenvalue weighted by molar-refractivity contribution is 0.0465. The van der Waals surface area contributed by atoms with E-state index in [9.17, 15) is 18.4 Å². The van der Waals surface area contributed by atoms with E-state index in [1.54, 1.807) is 13.0 Å². The van der Waals surface area contributed by atoms with Gasteiger partial charge < -0.3 is 9.30 Å². The highest BCUT2D eigenvalue weighted by Gasteiger charge is 2.22. The first kappa shape index (κ1) is 19.9. The first-order valence-corrected chi connectivity index (χ1v) is 9.18. The molecule has 2 aromatic carbocycles. The molecule has 0 atom stereocenters. The molecule has 0 unspecified atom stereocenters. The molecule has 3 aromatic rings. The second-order valence-electron chi connectivity index (χ2n) is 6.19. The fraction of sp³-hybridized carbons (Fsp3) is 0.143. The van der Waals surface area contributed by atoms with Crippen LogP contribution in [0, 0.1) is 25.5 Å². The van der Waals surface area contributed by atoms with Gasteiger partial charge >= 0.3 is 5.97 Å². The number of ketones is 1.